The zero-order valence-electron chi connectivity index (χ0n) is 24.0. The quantitative estimate of drug-likeness (QED) is 0.373. The molecule has 0 fully saturated rings. The summed E-state index contributed by atoms with van der Waals surface area (Å²) in [5, 5.41) is 5.90. The van der Waals surface area contributed by atoms with Crippen molar-refractivity contribution >= 4 is 17.9 Å². The molecule has 0 aliphatic rings. The first-order valence-corrected chi connectivity index (χ1v) is 13.7. The SMILES string of the molecule is CCCC(C)NC(=O)C(c1cccc(C)c1)N(CCC)C(=O)C(Cc1ccccc1)NC(=O)OC(C)(C)C. The van der Waals surface area contributed by atoms with Gasteiger partial charge in [0, 0.05) is 19.0 Å². The topological polar surface area (TPSA) is 87.7 Å². The summed E-state index contributed by atoms with van der Waals surface area (Å²) in [6, 6.07) is 15.4. The van der Waals surface area contributed by atoms with Gasteiger partial charge in [-0.1, -0.05) is 80.4 Å². The maximum atomic E-state index is 14.2. The Bertz CT molecular complexity index is 1050. The number of ether oxygens (including phenoxy) is 1. The number of amides is 3. The Hall–Kier alpha value is -3.35. The molecule has 7 heteroatoms. The van der Waals surface area contributed by atoms with Crippen LogP contribution in [0.25, 0.3) is 0 Å². The highest BCUT2D eigenvalue weighted by atomic mass is 16.6. The van der Waals surface area contributed by atoms with E-state index in [1.165, 1.54) is 0 Å². The molecular formula is C31H45N3O4. The van der Waals surface area contributed by atoms with Gasteiger partial charge in [0.1, 0.15) is 17.7 Å². The van der Waals surface area contributed by atoms with Crippen molar-refractivity contribution in [1.29, 1.82) is 0 Å². The fourth-order valence-electron chi connectivity index (χ4n) is 4.45. The lowest BCUT2D eigenvalue weighted by Crippen LogP contribution is -2.54. The third kappa shape index (κ3) is 9.84. The lowest BCUT2D eigenvalue weighted by molar-refractivity contribution is -0.142. The summed E-state index contributed by atoms with van der Waals surface area (Å²) in [6.45, 7) is 13.7. The number of nitrogens with one attached hydrogen (secondary N) is 2. The van der Waals surface area contributed by atoms with Crippen molar-refractivity contribution in [2.45, 2.75) is 97.9 Å². The molecule has 3 atom stereocenters. The van der Waals surface area contributed by atoms with Crippen molar-refractivity contribution < 1.29 is 19.1 Å². The van der Waals surface area contributed by atoms with Crippen LogP contribution in [-0.4, -0.2) is 47.0 Å². The van der Waals surface area contributed by atoms with Gasteiger partial charge in [-0.3, -0.25) is 9.59 Å². The highest BCUT2D eigenvalue weighted by molar-refractivity contribution is 5.92. The molecule has 0 radical (unpaired) electrons. The van der Waals surface area contributed by atoms with Crippen molar-refractivity contribution in [1.82, 2.24) is 15.5 Å². The molecule has 3 unspecified atom stereocenters. The van der Waals surface area contributed by atoms with Crippen LogP contribution in [0.4, 0.5) is 4.79 Å². The normalized spacial score (nSPS) is 13.7. The van der Waals surface area contributed by atoms with Crippen molar-refractivity contribution in [3.63, 3.8) is 0 Å². The lowest BCUT2D eigenvalue weighted by atomic mass is 9.98. The fraction of sp³-hybridized carbons (Fsp3) is 0.516. The molecule has 0 aliphatic heterocycles. The van der Waals surface area contributed by atoms with Crippen LogP contribution in [0, 0.1) is 6.92 Å². The molecule has 208 valence electrons. The monoisotopic (exact) mass is 523 g/mol. The Morgan fingerprint density at radius 1 is 0.947 bits per heavy atom. The summed E-state index contributed by atoms with van der Waals surface area (Å²) in [4.78, 5) is 42.4. The maximum absolute atomic E-state index is 14.2. The number of carbonyl (C=O) groups is 3. The van der Waals surface area contributed by atoms with E-state index in [0.29, 0.717) is 13.0 Å². The van der Waals surface area contributed by atoms with Crippen molar-refractivity contribution in [2.75, 3.05) is 6.54 Å². The van der Waals surface area contributed by atoms with Crippen LogP contribution >= 0.6 is 0 Å². The molecule has 2 rings (SSSR count). The molecule has 3 amide bonds. The molecule has 0 aliphatic carbocycles. The molecule has 0 saturated heterocycles. The Labute approximate surface area is 228 Å². The van der Waals surface area contributed by atoms with Gasteiger partial charge >= 0.3 is 6.09 Å². The number of rotatable bonds is 12. The maximum Gasteiger partial charge on any atom is 0.408 e. The number of hydrogen-bond donors (Lipinski definition) is 2. The number of hydrogen-bond acceptors (Lipinski definition) is 4. The number of benzene rings is 2. The number of alkyl carbamates (subject to hydrolysis) is 1. The summed E-state index contributed by atoms with van der Waals surface area (Å²) in [7, 11) is 0. The average Bonchev–Trinajstić information content (AvgIpc) is 2.82. The van der Waals surface area contributed by atoms with Gasteiger partial charge in [0.05, 0.1) is 0 Å². The van der Waals surface area contributed by atoms with E-state index in [4.69, 9.17) is 4.74 Å². The molecule has 0 spiro atoms. The summed E-state index contributed by atoms with van der Waals surface area (Å²) < 4.78 is 5.48. The summed E-state index contributed by atoms with van der Waals surface area (Å²) in [6.07, 6.45) is 2.03. The molecule has 2 aromatic rings. The molecule has 0 aromatic heterocycles. The van der Waals surface area contributed by atoms with Crippen LogP contribution in [0.15, 0.2) is 54.6 Å². The Morgan fingerprint density at radius 3 is 2.21 bits per heavy atom. The molecular weight excluding hydrogens is 478 g/mol. The van der Waals surface area contributed by atoms with Crippen LogP contribution in [0.3, 0.4) is 0 Å². The van der Waals surface area contributed by atoms with Crippen molar-refractivity contribution in [3.8, 4) is 0 Å². The molecule has 2 aromatic carbocycles. The average molecular weight is 524 g/mol. The smallest absolute Gasteiger partial charge is 0.408 e. The van der Waals surface area contributed by atoms with Gasteiger partial charge in [0.15, 0.2) is 0 Å². The van der Waals surface area contributed by atoms with Gasteiger partial charge in [-0.25, -0.2) is 4.79 Å². The van der Waals surface area contributed by atoms with E-state index < -0.39 is 23.8 Å². The molecule has 0 heterocycles. The Morgan fingerprint density at radius 2 is 1.63 bits per heavy atom. The second kappa shape index (κ2) is 14.6. The predicted octanol–water partition coefficient (Wildman–Crippen LogP) is 5.72. The van der Waals surface area contributed by atoms with Gasteiger partial charge in [-0.05, 0) is 58.6 Å². The minimum atomic E-state index is -0.910. The van der Waals surface area contributed by atoms with Crippen LogP contribution in [0.2, 0.25) is 0 Å². The van der Waals surface area contributed by atoms with Gasteiger partial charge in [-0.15, -0.1) is 0 Å². The highest BCUT2D eigenvalue weighted by Crippen LogP contribution is 2.25. The van der Waals surface area contributed by atoms with E-state index in [9.17, 15) is 14.4 Å². The zero-order valence-corrected chi connectivity index (χ0v) is 24.0. The van der Waals surface area contributed by atoms with E-state index >= 15 is 0 Å². The number of aryl methyl sites for hydroxylation is 1. The minimum Gasteiger partial charge on any atom is -0.444 e. The molecule has 0 bridgehead atoms. The largest absolute Gasteiger partial charge is 0.444 e. The first-order chi connectivity index (χ1) is 17.9. The predicted molar refractivity (Wildman–Crippen MR) is 152 cm³/mol. The second-order valence-electron chi connectivity index (χ2n) is 10.9. The van der Waals surface area contributed by atoms with Gasteiger partial charge < -0.3 is 20.3 Å². The second-order valence-corrected chi connectivity index (χ2v) is 10.9. The van der Waals surface area contributed by atoms with Crippen LogP contribution in [0.5, 0.6) is 0 Å². The molecule has 2 N–H and O–H groups in total. The van der Waals surface area contributed by atoms with Crippen LogP contribution in [-0.2, 0) is 20.7 Å². The minimum absolute atomic E-state index is 0.0293. The first-order valence-electron chi connectivity index (χ1n) is 13.7. The summed E-state index contributed by atoms with van der Waals surface area (Å²) in [5.74, 6) is -0.555. The molecule has 7 nitrogen and oxygen atoms in total. The van der Waals surface area contributed by atoms with Gasteiger partial charge in [0.25, 0.3) is 0 Å². The van der Waals surface area contributed by atoms with E-state index in [1.54, 1.807) is 25.7 Å². The number of carbonyl (C=O) groups excluding carboxylic acids is 3. The Balaban J connectivity index is 2.50. The van der Waals surface area contributed by atoms with Crippen LogP contribution < -0.4 is 10.6 Å². The first kappa shape index (κ1) is 30.9. The van der Waals surface area contributed by atoms with Crippen molar-refractivity contribution in [3.05, 3.63) is 71.3 Å². The highest BCUT2D eigenvalue weighted by Gasteiger charge is 2.36. The fourth-order valence-corrected chi connectivity index (χ4v) is 4.45. The third-order valence-corrected chi connectivity index (χ3v) is 6.05. The van der Waals surface area contributed by atoms with Crippen molar-refractivity contribution in [2.24, 2.45) is 0 Å². The summed E-state index contributed by atoms with van der Waals surface area (Å²) in [5.41, 5.74) is 1.92. The third-order valence-electron chi connectivity index (χ3n) is 6.05. The van der Waals surface area contributed by atoms with Gasteiger partial charge in [0.2, 0.25) is 11.8 Å². The Kier molecular flexibility index (Phi) is 11.8. The lowest BCUT2D eigenvalue weighted by Gasteiger charge is -2.35. The van der Waals surface area contributed by atoms with E-state index in [1.807, 2.05) is 75.4 Å². The van der Waals surface area contributed by atoms with Crippen LogP contribution in [0.1, 0.15) is 83.5 Å². The summed E-state index contributed by atoms with van der Waals surface area (Å²) >= 11 is 0. The molecule has 0 saturated carbocycles. The zero-order chi connectivity index (χ0) is 28.3. The van der Waals surface area contributed by atoms with Gasteiger partial charge in [-0.2, -0.15) is 0 Å². The van der Waals surface area contributed by atoms with E-state index in [0.717, 1.165) is 29.5 Å². The number of nitrogens with zero attached hydrogens (tertiary/aromatic N) is 1. The van der Waals surface area contributed by atoms with E-state index in [2.05, 4.69) is 17.6 Å². The molecule has 38 heavy (non-hydrogen) atoms. The standard InChI is InChI=1S/C31H45N3O4/c1-8-14-23(4)32-28(35)27(25-18-13-15-22(3)20-25)34(19-9-2)29(36)26(21-24-16-11-10-12-17-24)33-30(37)38-31(5,6)7/h10-13,15-18,20,23,26-27H,8-9,14,19,21H2,1-7H3,(H,32,35)(H,33,37). The van der Waals surface area contributed by atoms with E-state index in [-0.39, 0.29) is 24.3 Å².